The molecule has 2 bridgehead atoms. The van der Waals surface area contributed by atoms with E-state index in [1.807, 2.05) is 0 Å². The van der Waals surface area contributed by atoms with Crippen LogP contribution in [-0.2, 0) is 14.2 Å². The zero-order chi connectivity index (χ0) is 12.8. The highest BCUT2D eigenvalue weighted by Crippen LogP contribution is 2.51. The van der Waals surface area contributed by atoms with Crippen molar-refractivity contribution in [3.63, 3.8) is 0 Å². The lowest BCUT2D eigenvalue weighted by atomic mass is 9.72. The van der Waals surface area contributed by atoms with Gasteiger partial charge in [0.05, 0.1) is 19.3 Å². The molecule has 3 saturated heterocycles. The fourth-order valence-electron chi connectivity index (χ4n) is 3.81. The van der Waals surface area contributed by atoms with Crippen molar-refractivity contribution in [1.82, 2.24) is 0 Å². The molecule has 4 aliphatic rings. The second-order valence-corrected chi connectivity index (χ2v) is 6.66. The van der Waals surface area contributed by atoms with E-state index in [0.717, 1.165) is 13.2 Å². The molecule has 0 aromatic heterocycles. The monoisotopic (exact) mass is 254 g/mol. The average Bonchev–Trinajstić information content (AvgIpc) is 2.41. The first-order valence-electron chi connectivity index (χ1n) is 7.55. The molecule has 1 atom stereocenters. The molecule has 1 saturated carbocycles. The third kappa shape index (κ3) is 1.75. The topological polar surface area (TPSA) is 27.7 Å². The van der Waals surface area contributed by atoms with Crippen molar-refractivity contribution < 1.29 is 14.2 Å². The molecular weight excluding hydrogens is 228 g/mol. The Hall–Kier alpha value is -0.120. The van der Waals surface area contributed by atoms with Crippen LogP contribution >= 0.6 is 0 Å². The fraction of sp³-hybridized carbons (Fsp3) is 1.00. The van der Waals surface area contributed by atoms with Gasteiger partial charge in [-0.2, -0.15) is 0 Å². The van der Waals surface area contributed by atoms with Gasteiger partial charge in [0, 0.05) is 11.3 Å². The zero-order valence-electron chi connectivity index (χ0n) is 11.9. The molecule has 0 N–H and O–H groups in total. The lowest BCUT2D eigenvalue weighted by molar-refractivity contribution is -0.509. The number of hydrogen-bond donors (Lipinski definition) is 0. The summed E-state index contributed by atoms with van der Waals surface area (Å²) in [5.41, 5.74) is 0.0520. The minimum atomic E-state index is -0.712. The van der Waals surface area contributed by atoms with Gasteiger partial charge < -0.3 is 14.2 Å². The highest BCUT2D eigenvalue weighted by atomic mass is 16.9. The molecule has 0 aromatic carbocycles. The summed E-state index contributed by atoms with van der Waals surface area (Å²) in [4.78, 5) is 0. The molecule has 3 aliphatic heterocycles. The lowest BCUT2D eigenvalue weighted by Gasteiger charge is -2.59. The van der Waals surface area contributed by atoms with E-state index in [1.54, 1.807) is 0 Å². The molecule has 1 unspecified atom stereocenters. The van der Waals surface area contributed by atoms with Crippen LogP contribution in [0.15, 0.2) is 0 Å². The fourth-order valence-corrected chi connectivity index (χ4v) is 3.81. The Morgan fingerprint density at radius 2 is 1.61 bits per heavy atom. The van der Waals surface area contributed by atoms with Crippen LogP contribution in [0.25, 0.3) is 0 Å². The van der Waals surface area contributed by atoms with E-state index in [-0.39, 0.29) is 11.5 Å². The first kappa shape index (κ1) is 12.9. The minimum absolute atomic E-state index is 0.0520. The number of rotatable bonds is 2. The minimum Gasteiger partial charge on any atom is -0.326 e. The van der Waals surface area contributed by atoms with Crippen molar-refractivity contribution in [3.05, 3.63) is 0 Å². The molecule has 3 heterocycles. The first-order valence-corrected chi connectivity index (χ1v) is 7.55. The number of ether oxygens (including phenoxy) is 3. The summed E-state index contributed by atoms with van der Waals surface area (Å²) in [5.74, 6) is 0.243. The second kappa shape index (κ2) is 4.46. The van der Waals surface area contributed by atoms with Gasteiger partial charge in [-0.3, -0.25) is 0 Å². The molecule has 1 aliphatic carbocycles. The maximum Gasteiger partial charge on any atom is 0.286 e. The Morgan fingerprint density at radius 1 is 1.00 bits per heavy atom. The van der Waals surface area contributed by atoms with E-state index in [1.165, 1.54) is 32.1 Å². The van der Waals surface area contributed by atoms with Crippen LogP contribution in [0.1, 0.15) is 52.9 Å². The summed E-state index contributed by atoms with van der Waals surface area (Å²) in [5, 5.41) is 0. The van der Waals surface area contributed by atoms with Gasteiger partial charge in [0.1, 0.15) is 0 Å². The highest BCUT2D eigenvalue weighted by molar-refractivity contribution is 4.97. The maximum absolute atomic E-state index is 6.23. The van der Waals surface area contributed by atoms with Crippen LogP contribution in [0, 0.1) is 17.3 Å². The van der Waals surface area contributed by atoms with Gasteiger partial charge in [0.25, 0.3) is 5.97 Å². The van der Waals surface area contributed by atoms with Crippen molar-refractivity contribution in [2.75, 3.05) is 13.2 Å². The van der Waals surface area contributed by atoms with E-state index in [9.17, 15) is 0 Å². The molecule has 3 heteroatoms. The van der Waals surface area contributed by atoms with E-state index in [4.69, 9.17) is 14.2 Å². The first-order chi connectivity index (χ1) is 8.59. The van der Waals surface area contributed by atoms with Gasteiger partial charge >= 0.3 is 0 Å². The summed E-state index contributed by atoms with van der Waals surface area (Å²) in [7, 11) is 0. The van der Waals surface area contributed by atoms with Crippen molar-refractivity contribution in [2.24, 2.45) is 17.3 Å². The maximum atomic E-state index is 6.23. The lowest BCUT2D eigenvalue weighted by Crippen LogP contribution is -2.67. The molecule has 4 rings (SSSR count). The Bertz CT molecular complexity index is 299. The Labute approximate surface area is 110 Å². The molecular formula is C15H26O3. The standard InChI is InChI=1S/C15H26O3/c1-11(2)14-9-16-15(17-10-14,18-12(14)3)13-7-5-4-6-8-13/h11-13H,4-10H2,1-3H3. The van der Waals surface area contributed by atoms with Crippen LogP contribution in [0.5, 0.6) is 0 Å². The summed E-state index contributed by atoms with van der Waals surface area (Å²) in [6.45, 7) is 8.27. The second-order valence-electron chi connectivity index (χ2n) is 6.66. The SMILES string of the molecule is CC(C)C12COC(C3CCCCC3)(OC1)OC2C. The van der Waals surface area contributed by atoms with Crippen LogP contribution in [0.4, 0.5) is 0 Å². The molecule has 0 radical (unpaired) electrons. The molecule has 3 nitrogen and oxygen atoms in total. The Balaban J connectivity index is 1.78. The van der Waals surface area contributed by atoms with Gasteiger partial charge in [-0.25, -0.2) is 0 Å². The van der Waals surface area contributed by atoms with Gasteiger partial charge in [-0.15, -0.1) is 0 Å². The van der Waals surface area contributed by atoms with Crippen molar-refractivity contribution in [1.29, 1.82) is 0 Å². The smallest absolute Gasteiger partial charge is 0.286 e. The molecule has 104 valence electrons. The Kier molecular flexibility index (Phi) is 3.20. The van der Waals surface area contributed by atoms with Crippen LogP contribution in [0.3, 0.4) is 0 Å². The van der Waals surface area contributed by atoms with Gasteiger partial charge in [0.2, 0.25) is 0 Å². The van der Waals surface area contributed by atoms with E-state index < -0.39 is 5.97 Å². The highest BCUT2D eigenvalue weighted by Gasteiger charge is 2.60. The van der Waals surface area contributed by atoms with Crippen molar-refractivity contribution in [3.8, 4) is 0 Å². The summed E-state index contributed by atoms with van der Waals surface area (Å²) < 4.78 is 18.4. The molecule has 0 amide bonds. The quantitative estimate of drug-likeness (QED) is 0.756. The van der Waals surface area contributed by atoms with Crippen LogP contribution < -0.4 is 0 Å². The summed E-state index contributed by atoms with van der Waals surface area (Å²) in [6, 6.07) is 0. The van der Waals surface area contributed by atoms with Crippen LogP contribution in [0.2, 0.25) is 0 Å². The predicted octanol–water partition coefficient (Wildman–Crippen LogP) is 3.33. The van der Waals surface area contributed by atoms with Gasteiger partial charge in [-0.1, -0.05) is 33.1 Å². The zero-order valence-corrected chi connectivity index (χ0v) is 11.9. The molecule has 0 aromatic rings. The van der Waals surface area contributed by atoms with E-state index in [2.05, 4.69) is 20.8 Å². The van der Waals surface area contributed by atoms with E-state index in [0.29, 0.717) is 11.8 Å². The summed E-state index contributed by atoms with van der Waals surface area (Å²) >= 11 is 0. The number of hydrogen-bond acceptors (Lipinski definition) is 3. The third-order valence-electron chi connectivity index (χ3n) is 5.49. The largest absolute Gasteiger partial charge is 0.326 e. The molecule has 0 spiro atoms. The molecule has 18 heavy (non-hydrogen) atoms. The van der Waals surface area contributed by atoms with Gasteiger partial charge in [0.15, 0.2) is 0 Å². The predicted molar refractivity (Wildman–Crippen MR) is 69.0 cm³/mol. The van der Waals surface area contributed by atoms with Crippen molar-refractivity contribution in [2.45, 2.75) is 65.0 Å². The number of fused-ring (bicyclic) bond motifs is 3. The van der Waals surface area contributed by atoms with Gasteiger partial charge in [-0.05, 0) is 25.7 Å². The normalized spacial score (nSPS) is 45.7. The Morgan fingerprint density at radius 3 is 2.11 bits per heavy atom. The average molecular weight is 254 g/mol. The van der Waals surface area contributed by atoms with Crippen molar-refractivity contribution >= 4 is 0 Å². The van der Waals surface area contributed by atoms with E-state index >= 15 is 0 Å². The summed E-state index contributed by atoms with van der Waals surface area (Å²) in [6.07, 6.45) is 6.51. The third-order valence-corrected chi connectivity index (χ3v) is 5.49. The molecule has 4 fully saturated rings. The van der Waals surface area contributed by atoms with Crippen LogP contribution in [-0.4, -0.2) is 25.3 Å².